The minimum absolute atomic E-state index is 0.553. The molecule has 4 heteroatoms. The van der Waals surface area contributed by atoms with Gasteiger partial charge in [-0.1, -0.05) is 182 Å². The van der Waals surface area contributed by atoms with Crippen molar-refractivity contribution >= 4 is 21.8 Å². The van der Waals surface area contributed by atoms with Gasteiger partial charge in [-0.2, -0.15) is 9.97 Å². The molecule has 0 aliphatic heterocycles. The number of aromatic nitrogens is 4. The van der Waals surface area contributed by atoms with Crippen molar-refractivity contribution in [1.82, 2.24) is 19.5 Å². The van der Waals surface area contributed by atoms with Gasteiger partial charge in [0.25, 0.3) is 0 Å². The number of hydrogen-bond donors (Lipinski definition) is 0. The molecule has 0 radical (unpaired) electrons. The first-order valence-electron chi connectivity index (χ1n) is 19.0. The van der Waals surface area contributed by atoms with E-state index in [9.17, 15) is 0 Å². The van der Waals surface area contributed by atoms with Gasteiger partial charge in [0.05, 0.1) is 16.4 Å². The highest BCUT2D eigenvalue weighted by Crippen LogP contribution is 2.57. The summed E-state index contributed by atoms with van der Waals surface area (Å²) < 4.78 is 2.25. The molecule has 0 spiro atoms. The van der Waals surface area contributed by atoms with Gasteiger partial charge in [0.2, 0.25) is 5.95 Å². The van der Waals surface area contributed by atoms with E-state index in [0.717, 1.165) is 38.5 Å². The monoisotopic (exact) mass is 714 g/mol. The molecule has 0 atom stereocenters. The lowest BCUT2D eigenvalue weighted by Crippen LogP contribution is -2.28. The second-order valence-corrected chi connectivity index (χ2v) is 14.4. The molecular formula is C52H34N4. The highest BCUT2D eigenvalue weighted by Gasteiger charge is 2.46. The normalized spacial score (nSPS) is 12.8. The molecule has 11 rings (SSSR count). The lowest BCUT2D eigenvalue weighted by Gasteiger charge is -2.34. The molecule has 8 aromatic carbocycles. The summed E-state index contributed by atoms with van der Waals surface area (Å²) in [7, 11) is 0. The molecule has 10 aromatic rings. The van der Waals surface area contributed by atoms with Crippen LogP contribution in [0, 0.1) is 0 Å². The first-order valence-corrected chi connectivity index (χ1v) is 19.0. The fourth-order valence-electron chi connectivity index (χ4n) is 8.88. The molecule has 0 saturated carbocycles. The molecule has 56 heavy (non-hydrogen) atoms. The minimum atomic E-state index is -0.553. The fourth-order valence-corrected chi connectivity index (χ4v) is 8.88. The van der Waals surface area contributed by atoms with E-state index in [4.69, 9.17) is 15.0 Å². The smallest absolute Gasteiger partial charge is 0.238 e. The molecule has 1 aliphatic carbocycles. The van der Waals surface area contributed by atoms with E-state index in [0.29, 0.717) is 17.6 Å². The summed E-state index contributed by atoms with van der Waals surface area (Å²) in [5, 5.41) is 2.28. The van der Waals surface area contributed by atoms with Gasteiger partial charge in [-0.25, -0.2) is 4.98 Å². The zero-order chi connectivity index (χ0) is 37.1. The van der Waals surface area contributed by atoms with E-state index in [-0.39, 0.29) is 0 Å². The lowest BCUT2D eigenvalue weighted by atomic mass is 9.67. The summed E-state index contributed by atoms with van der Waals surface area (Å²) in [5.74, 6) is 1.83. The standard InChI is InChI=1S/C52H34N4/c1-6-18-35(19-7-1)38-30-31-47-43(32-38)44-33-42-41-28-16-17-29-45(41)52(39-24-12-4-13-25-39,40-26-14-5-15-27-40)46(42)34-48(44)56(47)51-54-49(36-20-8-2-9-21-36)53-50(55-51)37-22-10-3-11-23-37/h1-34H. The number of hydrogen-bond acceptors (Lipinski definition) is 3. The van der Waals surface area contributed by atoms with Gasteiger partial charge in [0, 0.05) is 21.9 Å². The van der Waals surface area contributed by atoms with Gasteiger partial charge < -0.3 is 0 Å². The Morgan fingerprint density at radius 1 is 0.339 bits per heavy atom. The average Bonchev–Trinajstić information content (AvgIpc) is 3.76. The molecule has 262 valence electrons. The van der Waals surface area contributed by atoms with Crippen LogP contribution in [-0.4, -0.2) is 19.5 Å². The number of benzene rings is 8. The maximum absolute atomic E-state index is 5.28. The largest absolute Gasteiger partial charge is 0.278 e. The molecule has 0 N–H and O–H groups in total. The predicted molar refractivity (Wildman–Crippen MR) is 228 cm³/mol. The van der Waals surface area contributed by atoms with Gasteiger partial charge in [-0.3, -0.25) is 4.57 Å². The van der Waals surface area contributed by atoms with Crippen LogP contribution < -0.4 is 0 Å². The Kier molecular flexibility index (Phi) is 7.36. The number of rotatable bonds is 6. The van der Waals surface area contributed by atoms with Crippen molar-refractivity contribution < 1.29 is 0 Å². The molecule has 4 nitrogen and oxygen atoms in total. The topological polar surface area (TPSA) is 43.6 Å². The Morgan fingerprint density at radius 2 is 0.839 bits per heavy atom. The summed E-state index contributed by atoms with van der Waals surface area (Å²) in [4.78, 5) is 15.6. The van der Waals surface area contributed by atoms with Crippen LogP contribution >= 0.6 is 0 Å². The molecule has 0 bridgehead atoms. The van der Waals surface area contributed by atoms with E-state index in [1.807, 2.05) is 36.4 Å². The third-order valence-corrected chi connectivity index (χ3v) is 11.3. The van der Waals surface area contributed by atoms with Gasteiger partial charge >= 0.3 is 0 Å². The molecule has 0 saturated heterocycles. The molecular weight excluding hydrogens is 681 g/mol. The summed E-state index contributed by atoms with van der Waals surface area (Å²) in [6.07, 6.45) is 0. The Hall–Kier alpha value is -7.43. The van der Waals surface area contributed by atoms with E-state index >= 15 is 0 Å². The second kappa shape index (κ2) is 12.9. The van der Waals surface area contributed by atoms with Crippen LogP contribution in [0.15, 0.2) is 206 Å². The van der Waals surface area contributed by atoms with Crippen molar-refractivity contribution in [2.75, 3.05) is 0 Å². The highest BCUT2D eigenvalue weighted by atomic mass is 15.2. The predicted octanol–water partition coefficient (Wildman–Crippen LogP) is 12.3. The molecule has 0 amide bonds. The summed E-state index contributed by atoms with van der Waals surface area (Å²) in [6.45, 7) is 0. The van der Waals surface area contributed by atoms with Crippen LogP contribution in [0.5, 0.6) is 0 Å². The van der Waals surface area contributed by atoms with E-state index in [1.54, 1.807) is 0 Å². The fraction of sp³-hybridized carbons (Fsp3) is 0.0192. The molecule has 0 unspecified atom stereocenters. The Morgan fingerprint density at radius 3 is 1.43 bits per heavy atom. The molecule has 1 aliphatic rings. The number of fused-ring (bicyclic) bond motifs is 6. The van der Waals surface area contributed by atoms with Crippen molar-refractivity contribution in [3.05, 3.63) is 229 Å². The van der Waals surface area contributed by atoms with Gasteiger partial charge in [-0.15, -0.1) is 0 Å². The van der Waals surface area contributed by atoms with Crippen molar-refractivity contribution in [2.24, 2.45) is 0 Å². The highest BCUT2D eigenvalue weighted by molar-refractivity contribution is 6.13. The van der Waals surface area contributed by atoms with Crippen molar-refractivity contribution in [1.29, 1.82) is 0 Å². The van der Waals surface area contributed by atoms with E-state index < -0.39 is 5.41 Å². The quantitative estimate of drug-likeness (QED) is 0.172. The van der Waals surface area contributed by atoms with Crippen molar-refractivity contribution in [3.8, 4) is 51.0 Å². The van der Waals surface area contributed by atoms with Crippen molar-refractivity contribution in [2.45, 2.75) is 5.41 Å². The van der Waals surface area contributed by atoms with E-state index in [1.165, 1.54) is 38.9 Å². The van der Waals surface area contributed by atoms with Crippen LogP contribution in [0.1, 0.15) is 22.3 Å². The van der Waals surface area contributed by atoms with Crippen LogP contribution in [0.25, 0.3) is 72.8 Å². The Labute approximate surface area is 325 Å². The molecule has 0 fully saturated rings. The third kappa shape index (κ3) is 4.89. The maximum Gasteiger partial charge on any atom is 0.238 e. The maximum atomic E-state index is 5.28. The summed E-state index contributed by atoms with van der Waals surface area (Å²) in [5.41, 5.74) is 13.2. The van der Waals surface area contributed by atoms with Gasteiger partial charge in [-0.05, 0) is 68.8 Å². The minimum Gasteiger partial charge on any atom is -0.278 e. The zero-order valence-corrected chi connectivity index (χ0v) is 30.4. The van der Waals surface area contributed by atoms with Crippen LogP contribution in [0.3, 0.4) is 0 Å². The average molecular weight is 715 g/mol. The summed E-state index contributed by atoms with van der Waals surface area (Å²) in [6, 6.07) is 73.5. The van der Waals surface area contributed by atoms with E-state index in [2.05, 4.69) is 174 Å². The third-order valence-electron chi connectivity index (χ3n) is 11.3. The summed E-state index contributed by atoms with van der Waals surface area (Å²) >= 11 is 0. The van der Waals surface area contributed by atoms with Gasteiger partial charge in [0.1, 0.15) is 0 Å². The number of nitrogens with zero attached hydrogens (tertiary/aromatic N) is 4. The Bertz CT molecular complexity index is 2950. The second-order valence-electron chi connectivity index (χ2n) is 14.4. The van der Waals surface area contributed by atoms with Crippen LogP contribution in [0.2, 0.25) is 0 Å². The first kappa shape index (κ1) is 32.0. The van der Waals surface area contributed by atoms with Crippen LogP contribution in [0.4, 0.5) is 0 Å². The van der Waals surface area contributed by atoms with Crippen molar-refractivity contribution in [3.63, 3.8) is 0 Å². The zero-order valence-electron chi connectivity index (χ0n) is 30.4. The molecule has 2 aromatic heterocycles. The SMILES string of the molecule is c1ccc(-c2ccc3c(c2)c2cc4c(cc2n3-c2nc(-c3ccccc3)nc(-c3ccccc3)n2)C(c2ccccc2)(c2ccccc2)c2ccccc2-4)cc1. The first-order chi connectivity index (χ1) is 27.8. The lowest BCUT2D eigenvalue weighted by molar-refractivity contribution is 0.769. The van der Waals surface area contributed by atoms with Crippen LogP contribution in [-0.2, 0) is 5.41 Å². The van der Waals surface area contributed by atoms with Gasteiger partial charge in [0.15, 0.2) is 11.6 Å². The molecule has 2 heterocycles. The Balaban J connectivity index is 1.28.